The SMILES string of the molecule is CCc1c(C)c(C)c(C)c(-c2c(CC)c(C)c(C)n[n+]2C)c1C. The molecule has 0 aliphatic heterocycles. The van der Waals surface area contributed by atoms with Crippen LogP contribution < -0.4 is 4.68 Å². The fourth-order valence-corrected chi connectivity index (χ4v) is 3.98. The lowest BCUT2D eigenvalue weighted by Gasteiger charge is -2.20. The van der Waals surface area contributed by atoms with Crippen LogP contribution in [0.2, 0.25) is 0 Å². The van der Waals surface area contributed by atoms with E-state index in [2.05, 4.69) is 67.1 Å². The lowest BCUT2D eigenvalue weighted by molar-refractivity contribution is -0.721. The Labute approximate surface area is 141 Å². The number of hydrogen-bond donors (Lipinski definition) is 0. The van der Waals surface area contributed by atoms with Crippen molar-refractivity contribution in [1.82, 2.24) is 5.10 Å². The normalized spacial score (nSPS) is 11.2. The van der Waals surface area contributed by atoms with Crippen LogP contribution in [0, 0.1) is 41.5 Å². The highest BCUT2D eigenvalue weighted by Gasteiger charge is 2.26. The molecule has 2 rings (SSSR count). The van der Waals surface area contributed by atoms with Crippen LogP contribution >= 0.6 is 0 Å². The molecule has 2 aromatic rings. The van der Waals surface area contributed by atoms with Crippen molar-refractivity contribution in [2.45, 2.75) is 68.2 Å². The Morgan fingerprint density at radius 2 is 1.26 bits per heavy atom. The summed E-state index contributed by atoms with van der Waals surface area (Å²) in [4.78, 5) is 0. The average molecular weight is 311 g/mol. The standard InChI is InChI=1S/C21H31N2/c1-10-18-13(4)12(3)14(5)20(16(18)7)21-19(11-2)15(6)17(8)22-23(21)9/h10-11H2,1-9H3/q+1. The molecule has 2 heteroatoms. The molecule has 0 N–H and O–H groups in total. The van der Waals surface area contributed by atoms with Crippen molar-refractivity contribution in [2.24, 2.45) is 7.05 Å². The minimum Gasteiger partial charge on any atom is -0.0859 e. The number of aryl methyl sites for hydroxylation is 2. The molecule has 0 atom stereocenters. The topological polar surface area (TPSA) is 16.8 Å². The molecule has 0 radical (unpaired) electrons. The van der Waals surface area contributed by atoms with E-state index in [1.54, 1.807) is 0 Å². The molecule has 0 bridgehead atoms. The molecule has 0 unspecified atom stereocenters. The minimum atomic E-state index is 1.03. The van der Waals surface area contributed by atoms with E-state index in [4.69, 9.17) is 5.10 Å². The van der Waals surface area contributed by atoms with Crippen LogP contribution in [0.25, 0.3) is 11.3 Å². The fourth-order valence-electron chi connectivity index (χ4n) is 3.98. The third kappa shape index (κ3) is 2.69. The Morgan fingerprint density at radius 1 is 0.696 bits per heavy atom. The molecule has 0 fully saturated rings. The third-order valence-corrected chi connectivity index (χ3v) is 5.63. The molecular formula is C21H31N2+. The molecule has 23 heavy (non-hydrogen) atoms. The second-order valence-corrected chi connectivity index (χ2v) is 6.72. The number of aromatic nitrogens is 2. The molecule has 1 heterocycles. The van der Waals surface area contributed by atoms with Crippen LogP contribution in [-0.4, -0.2) is 5.10 Å². The second-order valence-electron chi connectivity index (χ2n) is 6.72. The molecule has 1 aromatic heterocycles. The van der Waals surface area contributed by atoms with E-state index in [0.717, 1.165) is 18.5 Å². The molecule has 0 spiro atoms. The smallest absolute Gasteiger partial charge is 0.0859 e. The highest BCUT2D eigenvalue weighted by Crippen LogP contribution is 2.35. The summed E-state index contributed by atoms with van der Waals surface area (Å²) in [5.41, 5.74) is 13.7. The lowest BCUT2D eigenvalue weighted by atomic mass is 9.84. The maximum Gasteiger partial charge on any atom is 0.242 e. The lowest BCUT2D eigenvalue weighted by Crippen LogP contribution is -2.39. The van der Waals surface area contributed by atoms with Crippen molar-refractivity contribution >= 4 is 0 Å². The predicted molar refractivity (Wildman–Crippen MR) is 98.0 cm³/mol. The van der Waals surface area contributed by atoms with Gasteiger partial charge in [0.25, 0.3) is 0 Å². The van der Waals surface area contributed by atoms with Gasteiger partial charge in [0.1, 0.15) is 5.69 Å². The number of rotatable bonds is 3. The zero-order valence-electron chi connectivity index (χ0n) is 16.3. The van der Waals surface area contributed by atoms with Gasteiger partial charge in [-0.3, -0.25) is 0 Å². The van der Waals surface area contributed by atoms with Crippen molar-refractivity contribution in [1.29, 1.82) is 0 Å². The van der Waals surface area contributed by atoms with E-state index < -0.39 is 0 Å². The maximum absolute atomic E-state index is 4.76. The molecule has 124 valence electrons. The average Bonchev–Trinajstić information content (AvgIpc) is 2.51. The Hall–Kier alpha value is -1.70. The molecule has 0 saturated heterocycles. The molecule has 2 nitrogen and oxygen atoms in total. The zero-order chi connectivity index (χ0) is 17.5. The second kappa shape index (κ2) is 6.43. The van der Waals surface area contributed by atoms with E-state index in [9.17, 15) is 0 Å². The van der Waals surface area contributed by atoms with Crippen LogP contribution in [0.15, 0.2) is 0 Å². The van der Waals surface area contributed by atoms with E-state index in [1.165, 1.54) is 50.2 Å². The Kier molecular flexibility index (Phi) is 4.93. The van der Waals surface area contributed by atoms with E-state index >= 15 is 0 Å². The first-order chi connectivity index (χ1) is 10.8. The number of nitrogens with zero attached hydrogens (tertiary/aromatic N) is 2. The largest absolute Gasteiger partial charge is 0.242 e. The first-order valence-corrected chi connectivity index (χ1v) is 8.72. The van der Waals surface area contributed by atoms with Crippen LogP contribution in [-0.2, 0) is 19.9 Å². The van der Waals surface area contributed by atoms with Crippen molar-refractivity contribution in [3.63, 3.8) is 0 Å². The van der Waals surface area contributed by atoms with Crippen LogP contribution in [0.1, 0.15) is 58.5 Å². The summed E-state index contributed by atoms with van der Waals surface area (Å²) in [5.74, 6) is 0. The molecular weight excluding hydrogens is 280 g/mol. The summed E-state index contributed by atoms with van der Waals surface area (Å²) in [6, 6.07) is 0. The van der Waals surface area contributed by atoms with E-state index in [1.807, 2.05) is 0 Å². The third-order valence-electron chi connectivity index (χ3n) is 5.63. The summed E-state index contributed by atoms with van der Waals surface area (Å²) < 4.78 is 2.09. The summed E-state index contributed by atoms with van der Waals surface area (Å²) in [7, 11) is 2.08. The quantitative estimate of drug-likeness (QED) is 0.760. The Balaban J connectivity index is 2.99. The van der Waals surface area contributed by atoms with Crippen molar-refractivity contribution in [3.05, 3.63) is 44.6 Å². The van der Waals surface area contributed by atoms with Gasteiger partial charge in [-0.25, -0.2) is 0 Å². The van der Waals surface area contributed by atoms with Gasteiger partial charge in [0.05, 0.1) is 5.56 Å². The van der Waals surface area contributed by atoms with E-state index in [0.29, 0.717) is 0 Å². The van der Waals surface area contributed by atoms with Gasteiger partial charge < -0.3 is 0 Å². The summed E-state index contributed by atoms with van der Waals surface area (Å²) >= 11 is 0. The van der Waals surface area contributed by atoms with Gasteiger partial charge in [0, 0.05) is 5.56 Å². The van der Waals surface area contributed by atoms with Gasteiger partial charge in [-0.1, -0.05) is 18.5 Å². The van der Waals surface area contributed by atoms with Gasteiger partial charge in [0.2, 0.25) is 5.69 Å². The van der Waals surface area contributed by atoms with Crippen molar-refractivity contribution in [3.8, 4) is 11.3 Å². The first-order valence-electron chi connectivity index (χ1n) is 8.72. The summed E-state index contributed by atoms with van der Waals surface area (Å²) in [5, 5.41) is 4.76. The van der Waals surface area contributed by atoms with Gasteiger partial charge in [-0.15, -0.1) is 0 Å². The van der Waals surface area contributed by atoms with Crippen LogP contribution in [0.5, 0.6) is 0 Å². The molecule has 0 saturated carbocycles. The van der Waals surface area contributed by atoms with Crippen LogP contribution in [0.4, 0.5) is 0 Å². The summed E-state index contributed by atoms with van der Waals surface area (Å²) in [6.07, 6.45) is 2.11. The van der Waals surface area contributed by atoms with Gasteiger partial charge in [-0.2, -0.15) is 0 Å². The van der Waals surface area contributed by atoms with E-state index in [-0.39, 0.29) is 0 Å². The molecule has 1 aromatic carbocycles. The Bertz CT molecular complexity index is 771. The molecule has 0 aliphatic rings. The van der Waals surface area contributed by atoms with Gasteiger partial charge >= 0.3 is 0 Å². The number of benzene rings is 1. The van der Waals surface area contributed by atoms with Crippen LogP contribution in [0.3, 0.4) is 0 Å². The van der Waals surface area contributed by atoms with Gasteiger partial charge in [0.15, 0.2) is 7.05 Å². The summed E-state index contributed by atoms with van der Waals surface area (Å²) in [6.45, 7) is 17.9. The first kappa shape index (κ1) is 17.7. The minimum absolute atomic E-state index is 1.03. The predicted octanol–water partition coefficient (Wildman–Crippen LogP) is 4.55. The highest BCUT2D eigenvalue weighted by atomic mass is 15.3. The van der Waals surface area contributed by atoms with Crippen molar-refractivity contribution < 1.29 is 4.68 Å². The highest BCUT2D eigenvalue weighted by molar-refractivity contribution is 5.73. The zero-order valence-corrected chi connectivity index (χ0v) is 16.3. The fraction of sp³-hybridized carbons (Fsp3) is 0.524. The molecule has 0 amide bonds. The molecule has 0 aliphatic carbocycles. The number of hydrogen-bond acceptors (Lipinski definition) is 1. The monoisotopic (exact) mass is 311 g/mol. The maximum atomic E-state index is 4.76. The van der Waals surface area contributed by atoms with Crippen molar-refractivity contribution in [2.75, 3.05) is 0 Å². The Morgan fingerprint density at radius 3 is 1.78 bits per heavy atom. The van der Waals surface area contributed by atoms with Gasteiger partial charge in [-0.05, 0) is 92.9 Å².